The van der Waals surface area contributed by atoms with Crippen molar-refractivity contribution >= 4 is 40.7 Å². The van der Waals surface area contributed by atoms with Gasteiger partial charge in [0.1, 0.15) is 17.5 Å². The lowest BCUT2D eigenvalue weighted by molar-refractivity contribution is 0.0920. The fourth-order valence-corrected chi connectivity index (χ4v) is 5.48. The van der Waals surface area contributed by atoms with Gasteiger partial charge in [-0.1, -0.05) is 63.1 Å². The lowest BCUT2D eigenvalue weighted by Gasteiger charge is -2.11. The van der Waals surface area contributed by atoms with Crippen LogP contribution in [0, 0.1) is 5.92 Å². The SMILES string of the molecule is CC.CCc1cn(Cc2ccccc2)nc1/C=C(\C)c1cc(C(=O)C2CCN(SC)C2)n2ncnc(N)c12. The van der Waals surface area contributed by atoms with Gasteiger partial charge in [-0.25, -0.2) is 9.50 Å². The molecule has 1 aliphatic heterocycles. The number of nitrogens with zero attached hydrogens (tertiary/aromatic N) is 6. The molecule has 1 aromatic carbocycles. The smallest absolute Gasteiger partial charge is 0.185 e. The minimum absolute atomic E-state index is 0.0516. The van der Waals surface area contributed by atoms with Gasteiger partial charge >= 0.3 is 0 Å². The molecule has 38 heavy (non-hydrogen) atoms. The maximum Gasteiger partial charge on any atom is 0.185 e. The highest BCUT2D eigenvalue weighted by Gasteiger charge is 2.31. The summed E-state index contributed by atoms with van der Waals surface area (Å²) in [5, 5.41) is 9.27. The molecule has 1 saturated heterocycles. The number of Topliss-reactive ketones (excluding diaryl/α,β-unsaturated/α-hetero) is 1. The molecule has 0 spiro atoms. The van der Waals surface area contributed by atoms with Gasteiger partial charge in [0.15, 0.2) is 11.6 Å². The summed E-state index contributed by atoms with van der Waals surface area (Å²) >= 11 is 1.68. The molecule has 0 amide bonds. The van der Waals surface area contributed by atoms with Gasteiger partial charge < -0.3 is 5.73 Å². The molecule has 4 aromatic rings. The van der Waals surface area contributed by atoms with E-state index in [4.69, 9.17) is 10.8 Å². The highest BCUT2D eigenvalue weighted by molar-refractivity contribution is 7.96. The van der Waals surface area contributed by atoms with Crippen molar-refractivity contribution in [3.05, 3.63) is 77.0 Å². The number of rotatable bonds is 8. The van der Waals surface area contributed by atoms with Gasteiger partial charge in [0.05, 0.1) is 12.2 Å². The lowest BCUT2D eigenvalue weighted by Crippen LogP contribution is -2.20. The standard InChI is InChI=1S/C27H31N7OS.C2H6/c1-4-20-15-32(14-19-8-6-5-7-9-19)31-23(20)12-18(2)22-13-24(34-25(22)27(28)29-17-30-34)26(35)21-10-11-33(16-21)36-3;1-2/h5-9,12-13,15,17,21H,4,10-11,14,16H2,1-3H3,(H2,28,29,30);1-2H3/b18-12+;. The van der Waals surface area contributed by atoms with Crippen LogP contribution in [0.4, 0.5) is 5.82 Å². The zero-order valence-electron chi connectivity index (χ0n) is 22.9. The molecule has 1 atom stereocenters. The average molecular weight is 532 g/mol. The molecular formula is C29H37N7OS. The molecule has 4 heterocycles. The Hall–Kier alpha value is -3.43. The van der Waals surface area contributed by atoms with E-state index in [9.17, 15) is 4.79 Å². The molecule has 9 heteroatoms. The molecule has 200 valence electrons. The fraction of sp³-hybridized carbons (Fsp3) is 0.379. The largest absolute Gasteiger partial charge is 0.382 e. The van der Waals surface area contributed by atoms with Crippen molar-refractivity contribution in [2.24, 2.45) is 5.92 Å². The van der Waals surface area contributed by atoms with Gasteiger partial charge in [-0.2, -0.15) is 10.2 Å². The summed E-state index contributed by atoms with van der Waals surface area (Å²) in [6.07, 6.45) is 9.34. The van der Waals surface area contributed by atoms with Crippen molar-refractivity contribution in [1.82, 2.24) is 28.7 Å². The molecule has 5 rings (SSSR count). The van der Waals surface area contributed by atoms with Crippen LogP contribution in [0.5, 0.6) is 0 Å². The number of fused-ring (bicyclic) bond motifs is 1. The van der Waals surface area contributed by atoms with Crippen molar-refractivity contribution < 1.29 is 4.79 Å². The van der Waals surface area contributed by atoms with E-state index in [-0.39, 0.29) is 11.7 Å². The number of nitrogens with two attached hydrogens (primary N) is 1. The van der Waals surface area contributed by atoms with Gasteiger partial charge in [-0.05, 0) is 54.9 Å². The number of anilines is 1. The summed E-state index contributed by atoms with van der Waals surface area (Å²) in [7, 11) is 0. The first kappa shape index (κ1) is 27.6. The van der Waals surface area contributed by atoms with Gasteiger partial charge in [-0.3, -0.25) is 13.8 Å². The Morgan fingerprint density at radius 1 is 1.24 bits per heavy atom. The molecular weight excluding hydrogens is 494 g/mol. The molecule has 0 saturated carbocycles. The quantitative estimate of drug-likeness (QED) is 0.237. The second-order valence-electron chi connectivity index (χ2n) is 9.17. The number of carbonyl (C=O) groups excluding carboxylic acids is 1. The Balaban J connectivity index is 0.00000164. The summed E-state index contributed by atoms with van der Waals surface area (Å²) in [5.41, 5.74) is 12.6. The number of nitrogen functional groups attached to an aromatic ring is 1. The minimum atomic E-state index is -0.0516. The number of benzene rings is 1. The van der Waals surface area contributed by atoms with E-state index in [1.165, 1.54) is 11.9 Å². The minimum Gasteiger partial charge on any atom is -0.382 e. The Labute approximate surface area is 229 Å². The second-order valence-corrected chi connectivity index (χ2v) is 10.1. The van der Waals surface area contributed by atoms with Crippen LogP contribution in [0.15, 0.2) is 48.9 Å². The summed E-state index contributed by atoms with van der Waals surface area (Å²) < 4.78 is 5.87. The van der Waals surface area contributed by atoms with E-state index >= 15 is 0 Å². The summed E-state index contributed by atoms with van der Waals surface area (Å²) in [6, 6.07) is 12.2. The van der Waals surface area contributed by atoms with Crippen LogP contribution >= 0.6 is 11.9 Å². The normalized spacial score (nSPS) is 16.0. The van der Waals surface area contributed by atoms with E-state index in [1.54, 1.807) is 16.5 Å². The number of hydrogen-bond donors (Lipinski definition) is 1. The van der Waals surface area contributed by atoms with Crippen molar-refractivity contribution in [2.75, 3.05) is 25.1 Å². The molecule has 1 fully saturated rings. The third-order valence-electron chi connectivity index (χ3n) is 6.83. The van der Waals surface area contributed by atoms with Crippen molar-refractivity contribution in [3.63, 3.8) is 0 Å². The molecule has 2 N–H and O–H groups in total. The van der Waals surface area contributed by atoms with E-state index in [1.807, 2.05) is 56.0 Å². The number of hydrogen-bond acceptors (Lipinski definition) is 7. The third-order valence-corrected chi connectivity index (χ3v) is 7.68. The first-order valence-electron chi connectivity index (χ1n) is 13.2. The zero-order chi connectivity index (χ0) is 27.2. The van der Waals surface area contributed by atoms with Gasteiger partial charge in [0, 0.05) is 30.8 Å². The molecule has 1 unspecified atom stereocenters. The maximum atomic E-state index is 13.5. The van der Waals surface area contributed by atoms with E-state index in [0.29, 0.717) is 23.6 Å². The third kappa shape index (κ3) is 5.68. The Kier molecular flexibility index (Phi) is 9.01. The summed E-state index contributed by atoms with van der Waals surface area (Å²) in [5.74, 6) is 0.402. The van der Waals surface area contributed by atoms with E-state index in [2.05, 4.69) is 45.7 Å². The monoisotopic (exact) mass is 531 g/mol. The maximum absolute atomic E-state index is 13.5. The number of ketones is 1. The number of aromatic nitrogens is 5. The van der Waals surface area contributed by atoms with Crippen molar-refractivity contribution in [1.29, 1.82) is 0 Å². The topological polar surface area (TPSA) is 94.3 Å². The Morgan fingerprint density at radius 2 is 2.00 bits per heavy atom. The van der Waals surface area contributed by atoms with Crippen LogP contribution in [-0.4, -0.2) is 53.8 Å². The molecule has 0 aliphatic carbocycles. The Bertz CT molecular complexity index is 1420. The molecule has 0 radical (unpaired) electrons. The highest BCUT2D eigenvalue weighted by Crippen LogP contribution is 2.31. The van der Waals surface area contributed by atoms with Crippen LogP contribution in [0.25, 0.3) is 17.2 Å². The van der Waals surface area contributed by atoms with E-state index in [0.717, 1.165) is 48.3 Å². The first-order valence-corrected chi connectivity index (χ1v) is 14.4. The van der Waals surface area contributed by atoms with Crippen molar-refractivity contribution in [3.8, 4) is 0 Å². The highest BCUT2D eigenvalue weighted by atomic mass is 32.2. The molecule has 3 aromatic heterocycles. The van der Waals surface area contributed by atoms with Crippen LogP contribution in [0.2, 0.25) is 0 Å². The zero-order valence-corrected chi connectivity index (χ0v) is 23.7. The summed E-state index contributed by atoms with van der Waals surface area (Å²) in [4.78, 5) is 17.7. The van der Waals surface area contributed by atoms with Crippen LogP contribution in [-0.2, 0) is 13.0 Å². The second kappa shape index (κ2) is 12.4. The average Bonchev–Trinajstić information content (AvgIpc) is 3.67. The number of carbonyl (C=O) groups is 1. The predicted molar refractivity (Wildman–Crippen MR) is 157 cm³/mol. The number of aryl methyl sites for hydroxylation is 1. The van der Waals surface area contributed by atoms with Gasteiger partial charge in [0.25, 0.3) is 0 Å². The summed E-state index contributed by atoms with van der Waals surface area (Å²) in [6.45, 7) is 10.5. The predicted octanol–water partition coefficient (Wildman–Crippen LogP) is 5.49. The van der Waals surface area contributed by atoms with Crippen LogP contribution in [0.3, 0.4) is 0 Å². The lowest BCUT2D eigenvalue weighted by atomic mass is 10.00. The van der Waals surface area contributed by atoms with E-state index < -0.39 is 0 Å². The fourth-order valence-electron chi connectivity index (χ4n) is 4.87. The van der Waals surface area contributed by atoms with Crippen molar-refractivity contribution in [2.45, 2.75) is 47.1 Å². The molecule has 1 aliphatic rings. The molecule has 0 bridgehead atoms. The Morgan fingerprint density at radius 3 is 2.68 bits per heavy atom. The van der Waals surface area contributed by atoms with Gasteiger partial charge in [0.2, 0.25) is 0 Å². The number of allylic oxidation sites excluding steroid dienone is 1. The van der Waals surface area contributed by atoms with Gasteiger partial charge in [-0.15, -0.1) is 0 Å². The first-order chi connectivity index (χ1) is 18.5. The van der Waals surface area contributed by atoms with Crippen LogP contribution < -0.4 is 5.73 Å². The molecule has 8 nitrogen and oxygen atoms in total. The van der Waals surface area contributed by atoms with Crippen LogP contribution in [0.1, 0.15) is 67.0 Å².